The third-order valence-electron chi connectivity index (χ3n) is 3.59. The molecule has 0 aromatic heterocycles. The normalized spacial score (nSPS) is 17.5. The maximum absolute atomic E-state index is 12.3. The van der Waals surface area contributed by atoms with Gasteiger partial charge in [-0.3, -0.25) is 9.59 Å². The minimum absolute atomic E-state index is 0.104. The van der Waals surface area contributed by atoms with Crippen molar-refractivity contribution in [3.8, 4) is 17.2 Å². The van der Waals surface area contributed by atoms with Crippen molar-refractivity contribution >= 4 is 23.6 Å². The van der Waals surface area contributed by atoms with Crippen LogP contribution in [0.2, 0.25) is 0 Å². The van der Waals surface area contributed by atoms with Crippen molar-refractivity contribution in [1.82, 2.24) is 4.90 Å². The van der Waals surface area contributed by atoms with Crippen molar-refractivity contribution in [3.63, 3.8) is 0 Å². The second-order valence-electron chi connectivity index (χ2n) is 5.07. The van der Waals surface area contributed by atoms with E-state index in [0.717, 1.165) is 0 Å². The summed E-state index contributed by atoms with van der Waals surface area (Å²) in [6.45, 7) is 1.87. The van der Waals surface area contributed by atoms with Gasteiger partial charge in [0.1, 0.15) is 11.9 Å². The van der Waals surface area contributed by atoms with Gasteiger partial charge in [-0.15, -0.1) is 11.8 Å². The van der Waals surface area contributed by atoms with Crippen LogP contribution in [0.1, 0.15) is 24.3 Å². The van der Waals surface area contributed by atoms with Gasteiger partial charge in [-0.1, -0.05) is 0 Å². The Bertz CT molecular complexity index is 596. The molecular formula is C16H21NO6S. The standard InChI is InChI=1S/C16H21NO6S/c1-4-23-14(19)9-17-13(18)5-6-24-16(17)10-7-11(21-2)15(20)12(8-10)22-3/h7-8,16,20H,4-6,9H2,1-3H3. The molecule has 1 aliphatic rings. The first-order chi connectivity index (χ1) is 11.5. The molecule has 1 atom stereocenters. The zero-order valence-electron chi connectivity index (χ0n) is 13.9. The van der Waals surface area contributed by atoms with Gasteiger partial charge >= 0.3 is 5.97 Å². The number of benzene rings is 1. The van der Waals surface area contributed by atoms with Crippen molar-refractivity contribution in [1.29, 1.82) is 0 Å². The van der Waals surface area contributed by atoms with E-state index in [1.165, 1.54) is 30.9 Å². The Morgan fingerprint density at radius 1 is 1.33 bits per heavy atom. The summed E-state index contributed by atoms with van der Waals surface area (Å²) < 4.78 is 15.3. The molecule has 0 saturated carbocycles. The molecule has 0 aliphatic carbocycles. The summed E-state index contributed by atoms with van der Waals surface area (Å²) in [5.41, 5.74) is 0.712. The molecule has 1 unspecified atom stereocenters. The van der Waals surface area contributed by atoms with Crippen molar-refractivity contribution < 1.29 is 28.9 Å². The van der Waals surface area contributed by atoms with Crippen LogP contribution in [0.15, 0.2) is 12.1 Å². The summed E-state index contributed by atoms with van der Waals surface area (Å²) in [4.78, 5) is 25.6. The summed E-state index contributed by atoms with van der Waals surface area (Å²) >= 11 is 1.54. The number of amides is 1. The molecule has 24 heavy (non-hydrogen) atoms. The lowest BCUT2D eigenvalue weighted by Gasteiger charge is -2.35. The second kappa shape index (κ2) is 8.14. The number of phenolic OH excluding ortho intramolecular Hbond substituents is 1. The Labute approximate surface area is 144 Å². The fourth-order valence-corrected chi connectivity index (χ4v) is 3.69. The first-order valence-corrected chi connectivity index (χ1v) is 8.58. The van der Waals surface area contributed by atoms with Crippen LogP contribution in [0.4, 0.5) is 0 Å². The molecular weight excluding hydrogens is 334 g/mol. The third-order valence-corrected chi connectivity index (χ3v) is 4.87. The van der Waals surface area contributed by atoms with Crippen LogP contribution in [0.3, 0.4) is 0 Å². The van der Waals surface area contributed by atoms with E-state index in [0.29, 0.717) is 17.7 Å². The number of carbonyl (C=O) groups is 2. The Kier molecular flexibility index (Phi) is 6.19. The number of hydrogen-bond donors (Lipinski definition) is 1. The Balaban J connectivity index is 2.36. The maximum atomic E-state index is 12.3. The quantitative estimate of drug-likeness (QED) is 0.781. The van der Waals surface area contributed by atoms with Crippen LogP contribution >= 0.6 is 11.8 Å². The zero-order chi connectivity index (χ0) is 17.7. The summed E-state index contributed by atoms with van der Waals surface area (Å²) in [5.74, 6) is 0.480. The number of nitrogens with zero attached hydrogens (tertiary/aromatic N) is 1. The number of ether oxygens (including phenoxy) is 3. The molecule has 1 aliphatic heterocycles. The van der Waals surface area contributed by atoms with E-state index in [1.54, 1.807) is 19.1 Å². The number of methoxy groups -OCH3 is 2. The minimum atomic E-state index is -0.448. The molecule has 1 saturated heterocycles. The highest BCUT2D eigenvalue weighted by Crippen LogP contribution is 2.44. The van der Waals surface area contributed by atoms with E-state index in [1.807, 2.05) is 0 Å². The first-order valence-electron chi connectivity index (χ1n) is 7.53. The number of hydrogen-bond acceptors (Lipinski definition) is 7. The van der Waals surface area contributed by atoms with Gasteiger partial charge in [0.25, 0.3) is 0 Å². The van der Waals surface area contributed by atoms with Gasteiger partial charge in [0.05, 0.1) is 20.8 Å². The van der Waals surface area contributed by atoms with Gasteiger partial charge in [-0.05, 0) is 24.6 Å². The molecule has 7 nitrogen and oxygen atoms in total. The minimum Gasteiger partial charge on any atom is -0.502 e. The van der Waals surface area contributed by atoms with Crippen LogP contribution in [0.5, 0.6) is 17.2 Å². The number of carbonyl (C=O) groups excluding carboxylic acids is 2. The predicted molar refractivity (Wildman–Crippen MR) is 89.4 cm³/mol. The summed E-state index contributed by atoms with van der Waals surface area (Å²) in [6, 6.07) is 3.29. The zero-order valence-corrected chi connectivity index (χ0v) is 14.7. The molecule has 1 N–H and O–H groups in total. The molecule has 1 amide bonds. The van der Waals surface area contributed by atoms with E-state index in [-0.39, 0.29) is 41.7 Å². The van der Waals surface area contributed by atoms with E-state index >= 15 is 0 Å². The van der Waals surface area contributed by atoms with Crippen molar-refractivity contribution in [2.45, 2.75) is 18.7 Å². The van der Waals surface area contributed by atoms with Gasteiger partial charge in [0.2, 0.25) is 11.7 Å². The average molecular weight is 355 g/mol. The SMILES string of the molecule is CCOC(=O)CN1C(=O)CCSC1c1cc(OC)c(O)c(OC)c1. The fraction of sp³-hybridized carbons (Fsp3) is 0.500. The molecule has 1 fully saturated rings. The lowest BCUT2D eigenvalue weighted by atomic mass is 10.1. The number of rotatable bonds is 6. The number of aromatic hydroxyl groups is 1. The van der Waals surface area contributed by atoms with E-state index in [9.17, 15) is 14.7 Å². The summed E-state index contributed by atoms with van der Waals surface area (Å²) in [7, 11) is 2.88. The predicted octanol–water partition coefficient (Wildman–Crippen LogP) is 1.94. The largest absolute Gasteiger partial charge is 0.502 e. The number of esters is 1. The van der Waals surface area contributed by atoms with Crippen molar-refractivity contribution in [3.05, 3.63) is 17.7 Å². The molecule has 0 radical (unpaired) electrons. The summed E-state index contributed by atoms with van der Waals surface area (Å²) in [6.07, 6.45) is 0.368. The van der Waals surface area contributed by atoms with Gasteiger partial charge in [0.15, 0.2) is 11.5 Å². The van der Waals surface area contributed by atoms with E-state index in [4.69, 9.17) is 14.2 Å². The lowest BCUT2D eigenvalue weighted by molar-refractivity contribution is -0.149. The molecule has 2 rings (SSSR count). The first kappa shape index (κ1) is 18.3. The van der Waals surface area contributed by atoms with Gasteiger partial charge in [-0.2, -0.15) is 0 Å². The average Bonchev–Trinajstić information content (AvgIpc) is 2.57. The molecule has 8 heteroatoms. The van der Waals surface area contributed by atoms with Crippen LogP contribution in [0, 0.1) is 0 Å². The highest BCUT2D eigenvalue weighted by Gasteiger charge is 2.33. The third kappa shape index (κ3) is 3.87. The smallest absolute Gasteiger partial charge is 0.325 e. The molecule has 1 aromatic carbocycles. The molecule has 0 bridgehead atoms. The summed E-state index contributed by atoms with van der Waals surface area (Å²) in [5, 5.41) is 9.66. The Morgan fingerprint density at radius 2 is 1.96 bits per heavy atom. The van der Waals surface area contributed by atoms with Crippen molar-refractivity contribution in [2.75, 3.05) is 33.1 Å². The maximum Gasteiger partial charge on any atom is 0.325 e. The monoisotopic (exact) mass is 355 g/mol. The van der Waals surface area contributed by atoms with Gasteiger partial charge in [-0.25, -0.2) is 0 Å². The number of phenols is 1. The fourth-order valence-electron chi connectivity index (χ4n) is 2.47. The highest BCUT2D eigenvalue weighted by atomic mass is 32.2. The van der Waals surface area contributed by atoms with Crippen LogP contribution in [-0.4, -0.2) is 55.0 Å². The highest BCUT2D eigenvalue weighted by molar-refractivity contribution is 7.99. The van der Waals surface area contributed by atoms with Crippen LogP contribution < -0.4 is 9.47 Å². The van der Waals surface area contributed by atoms with Gasteiger partial charge < -0.3 is 24.2 Å². The van der Waals surface area contributed by atoms with Crippen LogP contribution in [0.25, 0.3) is 0 Å². The van der Waals surface area contributed by atoms with Crippen molar-refractivity contribution in [2.24, 2.45) is 0 Å². The Morgan fingerprint density at radius 3 is 2.50 bits per heavy atom. The Hall–Kier alpha value is -2.09. The molecule has 1 heterocycles. The second-order valence-corrected chi connectivity index (χ2v) is 6.26. The number of thioether (sulfide) groups is 1. The van der Waals surface area contributed by atoms with E-state index in [2.05, 4.69) is 0 Å². The van der Waals surface area contributed by atoms with Crippen LogP contribution in [-0.2, 0) is 14.3 Å². The topological polar surface area (TPSA) is 85.3 Å². The van der Waals surface area contributed by atoms with Gasteiger partial charge in [0, 0.05) is 12.2 Å². The molecule has 1 aromatic rings. The molecule has 0 spiro atoms. The molecule has 132 valence electrons. The van der Waals surface area contributed by atoms with E-state index < -0.39 is 5.97 Å². The lowest BCUT2D eigenvalue weighted by Crippen LogP contribution is -2.41.